The topological polar surface area (TPSA) is 29.0 Å². The average Bonchev–Trinajstić information content (AvgIpc) is 2.61. The van der Waals surface area contributed by atoms with Crippen LogP contribution in [0, 0.1) is 0 Å². The summed E-state index contributed by atoms with van der Waals surface area (Å²) in [5.74, 6) is 0. The van der Waals surface area contributed by atoms with Crippen LogP contribution in [-0.2, 0) is 6.42 Å². The molecular weight excluding hydrogens is 270 g/mol. The van der Waals surface area contributed by atoms with E-state index in [0.717, 1.165) is 31.6 Å². The molecule has 114 valence electrons. The van der Waals surface area contributed by atoms with Gasteiger partial charge in [-0.05, 0) is 61.6 Å². The molecule has 0 saturated carbocycles. The van der Waals surface area contributed by atoms with Crippen molar-refractivity contribution in [2.75, 3.05) is 19.6 Å². The fourth-order valence-electron chi connectivity index (χ4n) is 2.91. The van der Waals surface area contributed by atoms with Gasteiger partial charge in [0.05, 0.1) is 5.69 Å². The highest BCUT2D eigenvalue weighted by atomic mass is 15.1. The predicted octanol–water partition coefficient (Wildman–Crippen LogP) is 3.59. The van der Waals surface area contributed by atoms with Crippen LogP contribution in [0.4, 0.5) is 0 Å². The molecule has 0 fully saturated rings. The van der Waals surface area contributed by atoms with Crippen LogP contribution in [0.15, 0.2) is 55.0 Å². The summed E-state index contributed by atoms with van der Waals surface area (Å²) in [5.41, 5.74) is 3.88. The quantitative estimate of drug-likeness (QED) is 0.762. The van der Waals surface area contributed by atoms with Crippen molar-refractivity contribution in [3.63, 3.8) is 0 Å². The van der Waals surface area contributed by atoms with Crippen LogP contribution in [0.2, 0.25) is 0 Å². The summed E-state index contributed by atoms with van der Waals surface area (Å²) < 4.78 is 0. The van der Waals surface area contributed by atoms with Gasteiger partial charge >= 0.3 is 0 Å². The minimum Gasteiger partial charge on any atom is -0.299 e. The zero-order valence-electron chi connectivity index (χ0n) is 13.0. The van der Waals surface area contributed by atoms with E-state index in [1.165, 1.54) is 30.5 Å². The van der Waals surface area contributed by atoms with Crippen LogP contribution in [0.5, 0.6) is 0 Å². The Kier molecular flexibility index (Phi) is 5.32. The monoisotopic (exact) mass is 293 g/mol. The van der Waals surface area contributed by atoms with Gasteiger partial charge in [-0.3, -0.25) is 14.9 Å². The Morgan fingerprint density at radius 2 is 2.05 bits per heavy atom. The first kappa shape index (κ1) is 14.9. The maximum absolute atomic E-state index is 4.44. The lowest BCUT2D eigenvalue weighted by Gasteiger charge is -2.26. The Bertz CT molecular complexity index is 593. The van der Waals surface area contributed by atoms with Crippen LogP contribution in [0.1, 0.15) is 30.5 Å². The molecule has 1 aliphatic heterocycles. The second kappa shape index (κ2) is 7.85. The van der Waals surface area contributed by atoms with Gasteiger partial charge in [-0.15, -0.1) is 0 Å². The standard InChI is InChI=1S/C19H23N3/c1-3-12-21-19(8-1)18-9-14-22(15-10-18)13-4-2-6-17-7-5-11-20-16-17/h1,3,5,7-9,11-12,16H,2,4,6,10,13-15H2. The zero-order valence-corrected chi connectivity index (χ0v) is 13.0. The van der Waals surface area contributed by atoms with Gasteiger partial charge in [0, 0.05) is 31.7 Å². The van der Waals surface area contributed by atoms with E-state index in [0.29, 0.717) is 0 Å². The Balaban J connectivity index is 1.40. The van der Waals surface area contributed by atoms with E-state index in [4.69, 9.17) is 0 Å². The summed E-state index contributed by atoms with van der Waals surface area (Å²) in [7, 11) is 0. The Morgan fingerprint density at radius 1 is 1.05 bits per heavy atom. The second-order valence-electron chi connectivity index (χ2n) is 5.81. The van der Waals surface area contributed by atoms with Crippen molar-refractivity contribution in [2.45, 2.75) is 25.7 Å². The van der Waals surface area contributed by atoms with Crippen molar-refractivity contribution in [1.82, 2.24) is 14.9 Å². The Morgan fingerprint density at radius 3 is 2.77 bits per heavy atom. The first-order valence-corrected chi connectivity index (χ1v) is 8.13. The minimum atomic E-state index is 1.05. The third kappa shape index (κ3) is 4.25. The molecule has 3 rings (SSSR count). The lowest BCUT2D eigenvalue weighted by Crippen LogP contribution is -2.29. The van der Waals surface area contributed by atoms with Crippen LogP contribution in [-0.4, -0.2) is 34.5 Å². The number of aryl methyl sites for hydroxylation is 1. The molecule has 0 amide bonds. The van der Waals surface area contributed by atoms with Crippen LogP contribution < -0.4 is 0 Å². The molecule has 0 spiro atoms. The predicted molar refractivity (Wildman–Crippen MR) is 90.4 cm³/mol. The van der Waals surface area contributed by atoms with Crippen molar-refractivity contribution in [3.05, 3.63) is 66.3 Å². The molecule has 0 N–H and O–H groups in total. The smallest absolute Gasteiger partial charge is 0.0659 e. The van der Waals surface area contributed by atoms with Crippen LogP contribution in [0.3, 0.4) is 0 Å². The van der Waals surface area contributed by atoms with Gasteiger partial charge in [0.15, 0.2) is 0 Å². The molecule has 0 aliphatic carbocycles. The van der Waals surface area contributed by atoms with Gasteiger partial charge in [0.25, 0.3) is 0 Å². The SMILES string of the molecule is C1=C(c2ccccn2)CCN(CCCCc2cccnc2)C1. The van der Waals surface area contributed by atoms with Crippen LogP contribution in [0.25, 0.3) is 5.57 Å². The fraction of sp³-hybridized carbons (Fsp3) is 0.368. The molecule has 0 bridgehead atoms. The summed E-state index contributed by atoms with van der Waals surface area (Å²) in [6, 6.07) is 10.3. The highest BCUT2D eigenvalue weighted by Gasteiger charge is 2.12. The largest absolute Gasteiger partial charge is 0.299 e. The van der Waals surface area contributed by atoms with Gasteiger partial charge in [0.2, 0.25) is 0 Å². The summed E-state index contributed by atoms with van der Waals surface area (Å²) >= 11 is 0. The van der Waals surface area contributed by atoms with Crippen molar-refractivity contribution in [3.8, 4) is 0 Å². The fourth-order valence-corrected chi connectivity index (χ4v) is 2.91. The third-order valence-electron chi connectivity index (χ3n) is 4.20. The number of pyridine rings is 2. The molecule has 1 aliphatic rings. The highest BCUT2D eigenvalue weighted by Crippen LogP contribution is 2.20. The van der Waals surface area contributed by atoms with Crippen molar-refractivity contribution >= 4 is 5.57 Å². The Labute approximate surface area is 132 Å². The average molecular weight is 293 g/mol. The molecule has 2 aromatic rings. The number of hydrogen-bond acceptors (Lipinski definition) is 3. The lowest BCUT2D eigenvalue weighted by molar-refractivity contribution is 0.295. The molecule has 0 aromatic carbocycles. The molecule has 3 nitrogen and oxygen atoms in total. The van der Waals surface area contributed by atoms with E-state index >= 15 is 0 Å². The van der Waals surface area contributed by atoms with Crippen molar-refractivity contribution in [1.29, 1.82) is 0 Å². The van der Waals surface area contributed by atoms with Gasteiger partial charge in [-0.25, -0.2) is 0 Å². The molecule has 0 unspecified atom stereocenters. The number of nitrogens with zero attached hydrogens (tertiary/aromatic N) is 3. The molecular formula is C19H23N3. The van der Waals surface area contributed by atoms with E-state index in [1.54, 1.807) is 0 Å². The van der Waals surface area contributed by atoms with E-state index < -0.39 is 0 Å². The molecule has 0 atom stereocenters. The van der Waals surface area contributed by atoms with Crippen LogP contribution >= 0.6 is 0 Å². The third-order valence-corrected chi connectivity index (χ3v) is 4.20. The van der Waals surface area contributed by atoms with Gasteiger partial charge in [-0.2, -0.15) is 0 Å². The summed E-state index contributed by atoms with van der Waals surface area (Å²) in [6.07, 6.45) is 12.8. The Hall–Kier alpha value is -2.00. The maximum atomic E-state index is 4.44. The maximum Gasteiger partial charge on any atom is 0.0659 e. The van der Waals surface area contributed by atoms with Gasteiger partial charge < -0.3 is 0 Å². The summed E-state index contributed by atoms with van der Waals surface area (Å²) in [5, 5.41) is 0. The molecule has 0 radical (unpaired) electrons. The molecule has 22 heavy (non-hydrogen) atoms. The number of hydrogen-bond donors (Lipinski definition) is 0. The van der Waals surface area contributed by atoms with E-state index in [2.05, 4.69) is 39.1 Å². The molecule has 2 aromatic heterocycles. The molecule has 3 heterocycles. The number of rotatable bonds is 6. The van der Waals surface area contributed by atoms with Gasteiger partial charge in [0.1, 0.15) is 0 Å². The molecule has 0 saturated heterocycles. The number of aromatic nitrogens is 2. The summed E-state index contributed by atoms with van der Waals surface area (Å²) in [6.45, 7) is 3.39. The van der Waals surface area contributed by atoms with E-state index in [-0.39, 0.29) is 0 Å². The summed E-state index contributed by atoms with van der Waals surface area (Å²) in [4.78, 5) is 11.1. The van der Waals surface area contributed by atoms with E-state index in [1.807, 2.05) is 30.7 Å². The van der Waals surface area contributed by atoms with Crippen molar-refractivity contribution < 1.29 is 0 Å². The van der Waals surface area contributed by atoms with Gasteiger partial charge in [-0.1, -0.05) is 18.2 Å². The highest BCUT2D eigenvalue weighted by molar-refractivity contribution is 5.63. The zero-order chi connectivity index (χ0) is 15.0. The first-order chi connectivity index (χ1) is 10.9. The second-order valence-corrected chi connectivity index (χ2v) is 5.81. The number of unbranched alkanes of at least 4 members (excludes halogenated alkanes) is 1. The lowest BCUT2D eigenvalue weighted by atomic mass is 10.0. The normalized spacial score (nSPS) is 15.5. The van der Waals surface area contributed by atoms with Crippen molar-refractivity contribution in [2.24, 2.45) is 0 Å². The first-order valence-electron chi connectivity index (χ1n) is 8.13. The molecule has 3 heteroatoms. The van der Waals surface area contributed by atoms with E-state index in [9.17, 15) is 0 Å². The minimum absolute atomic E-state index is 1.05.